The highest BCUT2D eigenvalue weighted by atomic mass is 16.3. The normalized spacial score (nSPS) is 11.6. The van der Waals surface area contributed by atoms with Crippen LogP contribution in [0.25, 0.3) is 112 Å². The zero-order chi connectivity index (χ0) is 37.0. The zero-order valence-electron chi connectivity index (χ0n) is 29.9. The monoisotopic (exact) mass is 718 g/mol. The molecule has 0 aliphatic heterocycles. The first-order chi connectivity index (χ1) is 27.7. The highest BCUT2D eigenvalue weighted by Gasteiger charge is 2.17. The number of fused-ring (bicyclic) bond motifs is 6. The van der Waals surface area contributed by atoms with Gasteiger partial charge in [-0.3, -0.25) is 4.98 Å². The van der Waals surface area contributed by atoms with Crippen molar-refractivity contribution < 1.29 is 8.83 Å². The Morgan fingerprint density at radius 1 is 0.286 bits per heavy atom. The SMILES string of the molecule is c1ccc(-c2nc(-c3cc(-c4ccc5oc6ccccc6c5c4)cc(-c4ccc5oc6ccccc6c5c4)c3)nc(-c3cccc(-c4ccccn4)c3)n2)cc1. The number of rotatable bonds is 6. The lowest BCUT2D eigenvalue weighted by Crippen LogP contribution is -2.01. The average Bonchev–Trinajstić information content (AvgIpc) is 3.84. The van der Waals surface area contributed by atoms with Gasteiger partial charge in [0.05, 0.1) is 5.69 Å². The van der Waals surface area contributed by atoms with Gasteiger partial charge in [-0.25, -0.2) is 15.0 Å². The summed E-state index contributed by atoms with van der Waals surface area (Å²) in [6, 6.07) is 59.9. The molecule has 0 aliphatic rings. The van der Waals surface area contributed by atoms with Gasteiger partial charge in [0.25, 0.3) is 0 Å². The van der Waals surface area contributed by atoms with Crippen LogP contribution in [0, 0.1) is 0 Å². The molecule has 0 fully saturated rings. The van der Waals surface area contributed by atoms with Crippen molar-refractivity contribution in [1.29, 1.82) is 0 Å². The van der Waals surface area contributed by atoms with E-state index in [-0.39, 0.29) is 0 Å². The van der Waals surface area contributed by atoms with Gasteiger partial charge in [-0.1, -0.05) is 103 Å². The van der Waals surface area contributed by atoms with E-state index in [1.54, 1.807) is 6.20 Å². The van der Waals surface area contributed by atoms with Gasteiger partial charge in [-0.2, -0.15) is 0 Å². The van der Waals surface area contributed by atoms with Crippen LogP contribution < -0.4 is 0 Å². The van der Waals surface area contributed by atoms with E-state index >= 15 is 0 Å². The summed E-state index contributed by atoms with van der Waals surface area (Å²) < 4.78 is 12.4. The van der Waals surface area contributed by atoms with Crippen molar-refractivity contribution in [2.45, 2.75) is 0 Å². The summed E-state index contributed by atoms with van der Waals surface area (Å²) in [6.45, 7) is 0. The van der Waals surface area contributed by atoms with Gasteiger partial charge in [0.15, 0.2) is 17.5 Å². The van der Waals surface area contributed by atoms with Crippen LogP contribution >= 0.6 is 0 Å². The first-order valence-electron chi connectivity index (χ1n) is 18.5. The van der Waals surface area contributed by atoms with Crippen LogP contribution in [0.1, 0.15) is 0 Å². The Morgan fingerprint density at radius 3 is 1.39 bits per heavy atom. The van der Waals surface area contributed by atoms with E-state index < -0.39 is 0 Å². The predicted octanol–water partition coefficient (Wildman–Crippen LogP) is 13.1. The fraction of sp³-hybridized carbons (Fsp3) is 0. The van der Waals surface area contributed by atoms with Gasteiger partial charge in [0.1, 0.15) is 22.3 Å². The van der Waals surface area contributed by atoms with Crippen molar-refractivity contribution in [2.75, 3.05) is 0 Å². The van der Waals surface area contributed by atoms with E-state index in [2.05, 4.69) is 83.8 Å². The van der Waals surface area contributed by atoms with Crippen LogP contribution in [0.3, 0.4) is 0 Å². The highest BCUT2D eigenvalue weighted by Crippen LogP contribution is 2.39. The summed E-state index contributed by atoms with van der Waals surface area (Å²) in [6.07, 6.45) is 1.81. The molecule has 7 aromatic carbocycles. The second-order valence-corrected chi connectivity index (χ2v) is 13.9. The molecule has 0 spiro atoms. The molecule has 0 amide bonds. The fourth-order valence-electron chi connectivity index (χ4n) is 7.60. The van der Waals surface area contributed by atoms with Crippen LogP contribution in [0.4, 0.5) is 0 Å². The van der Waals surface area contributed by atoms with Crippen molar-refractivity contribution >= 4 is 43.9 Å². The second-order valence-electron chi connectivity index (χ2n) is 13.9. The van der Waals surface area contributed by atoms with E-state index in [1.807, 2.05) is 97.1 Å². The molecule has 6 nitrogen and oxygen atoms in total. The van der Waals surface area contributed by atoms with Crippen LogP contribution in [0.5, 0.6) is 0 Å². The maximum Gasteiger partial charge on any atom is 0.164 e. The number of hydrogen-bond donors (Lipinski definition) is 0. The molecule has 4 heterocycles. The summed E-state index contributed by atoms with van der Waals surface area (Å²) in [5.74, 6) is 1.75. The Bertz CT molecular complexity index is 3130. The average molecular weight is 719 g/mol. The van der Waals surface area contributed by atoms with E-state index in [0.29, 0.717) is 17.5 Å². The van der Waals surface area contributed by atoms with Crippen LogP contribution in [-0.2, 0) is 0 Å². The second kappa shape index (κ2) is 13.0. The molecule has 0 unspecified atom stereocenters. The predicted molar refractivity (Wildman–Crippen MR) is 225 cm³/mol. The number of nitrogens with zero attached hydrogens (tertiary/aromatic N) is 4. The smallest absolute Gasteiger partial charge is 0.164 e. The van der Waals surface area contributed by atoms with Gasteiger partial charge < -0.3 is 8.83 Å². The van der Waals surface area contributed by atoms with E-state index in [4.69, 9.17) is 23.8 Å². The number of para-hydroxylation sites is 2. The number of furan rings is 2. The van der Waals surface area contributed by atoms with Crippen molar-refractivity contribution in [3.8, 4) is 67.7 Å². The molecule has 0 bridgehead atoms. The molecular weight excluding hydrogens is 689 g/mol. The molecule has 11 aromatic rings. The largest absolute Gasteiger partial charge is 0.456 e. The van der Waals surface area contributed by atoms with E-state index in [0.717, 1.165) is 94.1 Å². The zero-order valence-corrected chi connectivity index (χ0v) is 29.9. The van der Waals surface area contributed by atoms with Crippen molar-refractivity contribution in [1.82, 2.24) is 19.9 Å². The van der Waals surface area contributed by atoms with Gasteiger partial charge in [-0.15, -0.1) is 0 Å². The lowest BCUT2D eigenvalue weighted by atomic mass is 9.94. The minimum Gasteiger partial charge on any atom is -0.456 e. The molecule has 0 aliphatic carbocycles. The van der Waals surface area contributed by atoms with Crippen molar-refractivity contribution in [2.24, 2.45) is 0 Å². The third kappa shape index (κ3) is 5.60. The lowest BCUT2D eigenvalue weighted by Gasteiger charge is -2.13. The van der Waals surface area contributed by atoms with E-state index in [9.17, 15) is 0 Å². The molecule has 0 atom stereocenters. The fourth-order valence-corrected chi connectivity index (χ4v) is 7.60. The minimum atomic E-state index is 0.574. The molecule has 262 valence electrons. The molecule has 4 aromatic heterocycles. The molecule has 56 heavy (non-hydrogen) atoms. The first kappa shape index (κ1) is 31.8. The number of hydrogen-bond acceptors (Lipinski definition) is 6. The van der Waals surface area contributed by atoms with Crippen LogP contribution in [0.15, 0.2) is 191 Å². The van der Waals surface area contributed by atoms with Crippen molar-refractivity contribution in [3.63, 3.8) is 0 Å². The summed E-state index contributed by atoms with van der Waals surface area (Å²) in [7, 11) is 0. The van der Waals surface area contributed by atoms with Gasteiger partial charge in [0, 0.05) is 50.0 Å². The highest BCUT2D eigenvalue weighted by molar-refractivity contribution is 6.07. The Balaban J connectivity index is 1.13. The third-order valence-electron chi connectivity index (χ3n) is 10.4. The summed E-state index contributed by atoms with van der Waals surface area (Å²) in [4.78, 5) is 20.0. The Morgan fingerprint density at radius 2 is 0.768 bits per heavy atom. The number of aromatic nitrogens is 4. The van der Waals surface area contributed by atoms with Crippen LogP contribution in [-0.4, -0.2) is 19.9 Å². The summed E-state index contributed by atoms with van der Waals surface area (Å²) in [5, 5.41) is 4.30. The van der Waals surface area contributed by atoms with Crippen LogP contribution in [0.2, 0.25) is 0 Å². The third-order valence-corrected chi connectivity index (χ3v) is 10.4. The molecule has 0 radical (unpaired) electrons. The Hall–Kier alpha value is -7.70. The van der Waals surface area contributed by atoms with Gasteiger partial charge in [0.2, 0.25) is 0 Å². The molecule has 0 saturated carbocycles. The molecular formula is C50H30N4O2. The first-order valence-corrected chi connectivity index (χ1v) is 18.5. The summed E-state index contributed by atoms with van der Waals surface area (Å²) >= 11 is 0. The minimum absolute atomic E-state index is 0.574. The van der Waals surface area contributed by atoms with Gasteiger partial charge >= 0.3 is 0 Å². The Kier molecular flexibility index (Phi) is 7.38. The number of pyridine rings is 1. The Labute approximate surface area is 321 Å². The van der Waals surface area contributed by atoms with Crippen molar-refractivity contribution in [3.05, 3.63) is 182 Å². The lowest BCUT2D eigenvalue weighted by molar-refractivity contribution is 0.668. The van der Waals surface area contributed by atoms with E-state index in [1.165, 1.54) is 0 Å². The maximum atomic E-state index is 6.21. The standard InChI is InChI=1S/C50H30N4O2/c1-2-11-31(12-3-1)48-52-49(35-14-10-13-34(25-35)43-17-8-9-24-51-43)54-50(53-48)38-27-36(32-20-22-46-41(29-32)39-15-4-6-18-44(39)55-46)26-37(28-38)33-21-23-47-42(30-33)40-16-5-7-19-45(40)56-47/h1-30H. The molecule has 0 N–H and O–H groups in total. The topological polar surface area (TPSA) is 77.8 Å². The summed E-state index contributed by atoms with van der Waals surface area (Å²) in [5.41, 5.74) is 12.1. The quantitative estimate of drug-likeness (QED) is 0.170. The maximum absolute atomic E-state index is 6.21. The molecule has 0 saturated heterocycles. The van der Waals surface area contributed by atoms with Gasteiger partial charge in [-0.05, 0) is 95.1 Å². The number of benzene rings is 7. The molecule has 11 rings (SSSR count). The molecule has 6 heteroatoms.